The van der Waals surface area contributed by atoms with E-state index in [4.69, 9.17) is 0 Å². The smallest absolute Gasteiger partial charge is 0.0372 e. The van der Waals surface area contributed by atoms with Crippen LogP contribution in [-0.4, -0.2) is 24.5 Å². The molecule has 2 heterocycles. The van der Waals surface area contributed by atoms with Crippen molar-refractivity contribution in [3.8, 4) is 0 Å². The Bertz CT molecular complexity index is 437. The molecule has 0 aliphatic carbocycles. The van der Waals surface area contributed by atoms with Crippen molar-refractivity contribution in [3.05, 3.63) is 29.3 Å². The third kappa shape index (κ3) is 2.54. The van der Waals surface area contributed by atoms with E-state index in [1.54, 1.807) is 0 Å². The molecule has 1 N–H and O–H groups in total. The molecular weight excluding hydrogens is 220 g/mol. The third-order valence-electron chi connectivity index (χ3n) is 4.27. The van der Waals surface area contributed by atoms with Crippen LogP contribution < -0.4 is 5.32 Å². The fourth-order valence-corrected chi connectivity index (χ4v) is 3.24. The molecule has 1 fully saturated rings. The first-order chi connectivity index (χ1) is 8.62. The van der Waals surface area contributed by atoms with E-state index in [1.165, 1.54) is 49.2 Å². The zero-order chi connectivity index (χ0) is 12.6. The van der Waals surface area contributed by atoms with E-state index >= 15 is 0 Å². The lowest BCUT2D eigenvalue weighted by Crippen LogP contribution is -2.23. The van der Waals surface area contributed by atoms with Gasteiger partial charge < -0.3 is 5.32 Å². The van der Waals surface area contributed by atoms with Crippen molar-refractivity contribution in [1.29, 1.82) is 0 Å². The molecule has 1 aromatic rings. The lowest BCUT2D eigenvalue weighted by atomic mass is 9.93. The highest BCUT2D eigenvalue weighted by Gasteiger charge is 2.28. The molecule has 3 rings (SSSR count). The molecule has 1 saturated heterocycles. The Morgan fingerprint density at radius 3 is 3.00 bits per heavy atom. The number of anilines is 1. The molecule has 1 aromatic carbocycles. The number of fused-ring (bicyclic) bond motifs is 1. The van der Waals surface area contributed by atoms with Gasteiger partial charge in [-0.25, -0.2) is 0 Å². The molecule has 0 atom stereocenters. The van der Waals surface area contributed by atoms with Crippen LogP contribution in [0.25, 0.3) is 0 Å². The number of nitrogens with zero attached hydrogens (tertiary/aromatic N) is 1. The van der Waals surface area contributed by atoms with Crippen molar-refractivity contribution in [2.75, 3.05) is 25.0 Å². The van der Waals surface area contributed by atoms with Crippen LogP contribution in [-0.2, 0) is 13.0 Å². The fourth-order valence-electron chi connectivity index (χ4n) is 3.24. The molecule has 98 valence electrons. The van der Waals surface area contributed by atoms with Gasteiger partial charge in [0.2, 0.25) is 0 Å². The molecule has 18 heavy (non-hydrogen) atoms. The van der Waals surface area contributed by atoms with Gasteiger partial charge in [0.1, 0.15) is 0 Å². The predicted octanol–water partition coefficient (Wildman–Crippen LogP) is 3.28. The first kappa shape index (κ1) is 12.0. The van der Waals surface area contributed by atoms with Crippen molar-refractivity contribution in [3.63, 3.8) is 0 Å². The van der Waals surface area contributed by atoms with E-state index in [0.717, 1.165) is 13.1 Å². The summed E-state index contributed by atoms with van der Waals surface area (Å²) in [5, 5.41) is 3.48. The minimum atomic E-state index is 0.510. The molecule has 0 radical (unpaired) electrons. The van der Waals surface area contributed by atoms with Crippen molar-refractivity contribution < 1.29 is 0 Å². The van der Waals surface area contributed by atoms with Gasteiger partial charge >= 0.3 is 0 Å². The van der Waals surface area contributed by atoms with Gasteiger partial charge in [0.15, 0.2) is 0 Å². The molecular formula is C16H24N2. The Balaban J connectivity index is 1.70. The second-order valence-electron chi connectivity index (χ2n) is 6.65. The zero-order valence-electron chi connectivity index (χ0n) is 11.6. The first-order valence-electron chi connectivity index (χ1n) is 7.20. The number of likely N-dealkylation sites (tertiary alicyclic amines) is 1. The maximum absolute atomic E-state index is 3.48. The molecule has 0 aromatic heterocycles. The largest absolute Gasteiger partial charge is 0.385 e. The van der Waals surface area contributed by atoms with Gasteiger partial charge in [-0.3, -0.25) is 4.90 Å². The van der Waals surface area contributed by atoms with Crippen LogP contribution in [0.3, 0.4) is 0 Å². The van der Waals surface area contributed by atoms with Gasteiger partial charge in [-0.2, -0.15) is 0 Å². The summed E-state index contributed by atoms with van der Waals surface area (Å²) in [7, 11) is 0. The number of benzene rings is 1. The Labute approximate surface area is 110 Å². The van der Waals surface area contributed by atoms with E-state index < -0.39 is 0 Å². The van der Waals surface area contributed by atoms with Crippen LogP contribution >= 0.6 is 0 Å². The number of hydrogen-bond acceptors (Lipinski definition) is 2. The van der Waals surface area contributed by atoms with E-state index in [0.29, 0.717) is 5.41 Å². The molecule has 2 heteroatoms. The first-order valence-corrected chi connectivity index (χ1v) is 7.20. The van der Waals surface area contributed by atoms with Crippen LogP contribution in [0.5, 0.6) is 0 Å². The summed E-state index contributed by atoms with van der Waals surface area (Å²) in [6.45, 7) is 9.50. The summed E-state index contributed by atoms with van der Waals surface area (Å²) in [4.78, 5) is 2.60. The number of rotatable bonds is 2. The van der Waals surface area contributed by atoms with Crippen LogP contribution in [0.2, 0.25) is 0 Å². The summed E-state index contributed by atoms with van der Waals surface area (Å²) < 4.78 is 0. The van der Waals surface area contributed by atoms with Gasteiger partial charge in [-0.15, -0.1) is 0 Å². The number of nitrogens with one attached hydrogen (secondary N) is 1. The van der Waals surface area contributed by atoms with Crippen LogP contribution in [0, 0.1) is 5.41 Å². The quantitative estimate of drug-likeness (QED) is 0.859. The van der Waals surface area contributed by atoms with Crippen LogP contribution in [0.4, 0.5) is 5.69 Å². The highest BCUT2D eigenvalue weighted by atomic mass is 15.1. The maximum Gasteiger partial charge on any atom is 0.0372 e. The Hall–Kier alpha value is -1.02. The molecule has 0 bridgehead atoms. The Kier molecular flexibility index (Phi) is 3.06. The average molecular weight is 244 g/mol. The molecule has 0 spiro atoms. The summed E-state index contributed by atoms with van der Waals surface area (Å²) >= 11 is 0. The number of aryl methyl sites for hydroxylation is 1. The SMILES string of the molecule is CC1(C)CCN(Cc2ccc3c(c2)CCCN3)C1. The summed E-state index contributed by atoms with van der Waals surface area (Å²) in [6, 6.07) is 6.97. The highest BCUT2D eigenvalue weighted by Crippen LogP contribution is 2.30. The van der Waals surface area contributed by atoms with Crippen LogP contribution in [0.1, 0.15) is 37.8 Å². The maximum atomic E-state index is 3.48. The van der Waals surface area contributed by atoms with Crippen molar-refractivity contribution in [2.45, 2.75) is 39.7 Å². The van der Waals surface area contributed by atoms with E-state index in [-0.39, 0.29) is 0 Å². The number of hydrogen-bond donors (Lipinski definition) is 1. The lowest BCUT2D eigenvalue weighted by molar-refractivity contribution is 0.284. The van der Waals surface area contributed by atoms with Gasteiger partial charge in [0.05, 0.1) is 0 Å². The molecule has 2 aliphatic rings. The predicted molar refractivity (Wildman–Crippen MR) is 76.9 cm³/mol. The molecule has 0 saturated carbocycles. The van der Waals surface area contributed by atoms with Gasteiger partial charge in [0.25, 0.3) is 0 Å². The summed E-state index contributed by atoms with van der Waals surface area (Å²) in [5.74, 6) is 0. The van der Waals surface area contributed by atoms with Gasteiger partial charge in [0, 0.05) is 25.3 Å². The Morgan fingerprint density at radius 2 is 2.22 bits per heavy atom. The average Bonchev–Trinajstić information content (AvgIpc) is 2.68. The van der Waals surface area contributed by atoms with E-state index in [2.05, 4.69) is 42.3 Å². The summed E-state index contributed by atoms with van der Waals surface area (Å²) in [5.41, 5.74) is 4.86. The topological polar surface area (TPSA) is 15.3 Å². The molecule has 2 aliphatic heterocycles. The summed E-state index contributed by atoms with van der Waals surface area (Å²) in [6.07, 6.45) is 3.84. The highest BCUT2D eigenvalue weighted by molar-refractivity contribution is 5.54. The minimum Gasteiger partial charge on any atom is -0.385 e. The lowest BCUT2D eigenvalue weighted by Gasteiger charge is -2.22. The van der Waals surface area contributed by atoms with Crippen molar-refractivity contribution in [1.82, 2.24) is 4.90 Å². The minimum absolute atomic E-state index is 0.510. The second-order valence-corrected chi connectivity index (χ2v) is 6.65. The molecule has 0 amide bonds. The second kappa shape index (κ2) is 4.58. The van der Waals surface area contributed by atoms with Crippen molar-refractivity contribution >= 4 is 5.69 Å². The third-order valence-corrected chi connectivity index (χ3v) is 4.27. The standard InChI is InChI=1S/C16H24N2/c1-16(2)7-9-18(12-16)11-13-5-6-15-14(10-13)4-3-8-17-15/h5-6,10,17H,3-4,7-9,11-12H2,1-2H3. The molecule has 2 nitrogen and oxygen atoms in total. The molecule has 0 unspecified atom stereocenters. The van der Waals surface area contributed by atoms with Crippen LogP contribution in [0.15, 0.2) is 18.2 Å². The van der Waals surface area contributed by atoms with E-state index in [1.807, 2.05) is 0 Å². The van der Waals surface area contributed by atoms with Gasteiger partial charge in [-0.1, -0.05) is 26.0 Å². The monoisotopic (exact) mass is 244 g/mol. The fraction of sp³-hybridized carbons (Fsp3) is 0.625. The van der Waals surface area contributed by atoms with E-state index in [9.17, 15) is 0 Å². The normalized spacial score (nSPS) is 22.6. The zero-order valence-corrected chi connectivity index (χ0v) is 11.6. The van der Waals surface area contributed by atoms with Crippen molar-refractivity contribution in [2.24, 2.45) is 5.41 Å². The Morgan fingerprint density at radius 1 is 1.33 bits per heavy atom. The van der Waals surface area contributed by atoms with Gasteiger partial charge in [-0.05, 0) is 48.4 Å².